The van der Waals surface area contributed by atoms with E-state index in [0.29, 0.717) is 23.5 Å². The lowest BCUT2D eigenvalue weighted by Crippen LogP contribution is -2.10. The summed E-state index contributed by atoms with van der Waals surface area (Å²) < 4.78 is 5.68. The summed E-state index contributed by atoms with van der Waals surface area (Å²) in [5.74, 6) is 0.580. The number of amides is 1. The smallest absolute Gasteiger partial charge is 0.228 e. The standard InChI is InChI=1S/C18H19N3O2/c1-2-3-4-7-16(22)20-14-10-8-13(9-11-14)18-21-17-15(23-18)6-5-12-19-17/h5-6,8-12H,2-4,7H2,1H3,(H,20,22). The Bertz CT molecular complexity index is 760. The van der Waals surface area contributed by atoms with E-state index in [1.54, 1.807) is 6.20 Å². The maximum Gasteiger partial charge on any atom is 0.228 e. The van der Waals surface area contributed by atoms with Gasteiger partial charge in [0.15, 0.2) is 11.2 Å². The summed E-state index contributed by atoms with van der Waals surface area (Å²) in [5.41, 5.74) is 2.89. The van der Waals surface area contributed by atoms with Crippen molar-refractivity contribution in [3.63, 3.8) is 0 Å². The van der Waals surface area contributed by atoms with Crippen molar-refractivity contribution in [2.45, 2.75) is 32.6 Å². The van der Waals surface area contributed by atoms with E-state index in [0.717, 1.165) is 30.5 Å². The van der Waals surface area contributed by atoms with Gasteiger partial charge in [-0.1, -0.05) is 19.8 Å². The number of aromatic nitrogens is 2. The Labute approximate surface area is 134 Å². The lowest BCUT2D eigenvalue weighted by molar-refractivity contribution is -0.116. The first-order chi connectivity index (χ1) is 11.3. The van der Waals surface area contributed by atoms with Crippen LogP contribution in [0.4, 0.5) is 5.69 Å². The predicted octanol–water partition coefficient (Wildman–Crippen LogP) is 4.41. The van der Waals surface area contributed by atoms with Gasteiger partial charge in [0.25, 0.3) is 0 Å². The maximum absolute atomic E-state index is 11.8. The number of pyridine rings is 1. The van der Waals surface area contributed by atoms with E-state index >= 15 is 0 Å². The molecule has 0 bridgehead atoms. The Kier molecular flexibility index (Phi) is 4.66. The normalized spacial score (nSPS) is 10.8. The number of unbranched alkanes of at least 4 members (excludes halogenated alkanes) is 2. The van der Waals surface area contributed by atoms with Crippen molar-refractivity contribution in [1.82, 2.24) is 9.97 Å². The van der Waals surface area contributed by atoms with Gasteiger partial charge in [0.05, 0.1) is 0 Å². The van der Waals surface area contributed by atoms with Crippen LogP contribution in [0.1, 0.15) is 32.6 Å². The average molecular weight is 309 g/mol. The number of rotatable bonds is 6. The number of hydrogen-bond acceptors (Lipinski definition) is 4. The molecule has 1 aromatic carbocycles. The van der Waals surface area contributed by atoms with Gasteiger partial charge >= 0.3 is 0 Å². The van der Waals surface area contributed by atoms with E-state index < -0.39 is 0 Å². The number of fused-ring (bicyclic) bond motifs is 1. The molecular formula is C18H19N3O2. The average Bonchev–Trinajstić information content (AvgIpc) is 3.00. The Morgan fingerprint density at radius 3 is 2.74 bits per heavy atom. The van der Waals surface area contributed by atoms with Crippen LogP contribution in [0.5, 0.6) is 0 Å². The molecule has 0 aliphatic heterocycles. The molecule has 0 radical (unpaired) electrons. The molecule has 5 heteroatoms. The molecule has 3 aromatic rings. The van der Waals surface area contributed by atoms with Gasteiger partial charge in [-0.05, 0) is 42.8 Å². The number of carbonyl (C=O) groups is 1. The second-order valence-electron chi connectivity index (χ2n) is 5.43. The molecule has 23 heavy (non-hydrogen) atoms. The van der Waals surface area contributed by atoms with Gasteiger partial charge in [0, 0.05) is 23.9 Å². The zero-order chi connectivity index (χ0) is 16.1. The first-order valence-electron chi connectivity index (χ1n) is 7.88. The van der Waals surface area contributed by atoms with E-state index in [-0.39, 0.29) is 5.91 Å². The topological polar surface area (TPSA) is 68.0 Å². The largest absolute Gasteiger partial charge is 0.434 e. The highest BCUT2D eigenvalue weighted by atomic mass is 16.3. The number of nitrogens with one attached hydrogen (secondary N) is 1. The van der Waals surface area contributed by atoms with Crippen molar-refractivity contribution in [1.29, 1.82) is 0 Å². The maximum atomic E-state index is 11.8. The van der Waals surface area contributed by atoms with E-state index in [1.165, 1.54) is 0 Å². The zero-order valence-electron chi connectivity index (χ0n) is 13.1. The van der Waals surface area contributed by atoms with E-state index in [2.05, 4.69) is 22.2 Å². The Balaban J connectivity index is 1.68. The molecule has 0 fully saturated rings. The van der Waals surface area contributed by atoms with Crippen molar-refractivity contribution in [2.75, 3.05) is 5.32 Å². The molecule has 3 rings (SSSR count). The minimum atomic E-state index is 0.0530. The van der Waals surface area contributed by atoms with Gasteiger partial charge in [-0.25, -0.2) is 4.98 Å². The fourth-order valence-electron chi connectivity index (χ4n) is 2.35. The summed E-state index contributed by atoms with van der Waals surface area (Å²) in [6.45, 7) is 2.12. The summed E-state index contributed by atoms with van der Waals surface area (Å²) in [6, 6.07) is 11.1. The fourth-order valence-corrected chi connectivity index (χ4v) is 2.35. The van der Waals surface area contributed by atoms with Crippen LogP contribution in [0.2, 0.25) is 0 Å². The van der Waals surface area contributed by atoms with Gasteiger partial charge in [0.2, 0.25) is 11.8 Å². The quantitative estimate of drug-likeness (QED) is 0.685. The van der Waals surface area contributed by atoms with Gasteiger partial charge in [-0.2, -0.15) is 4.98 Å². The minimum Gasteiger partial charge on any atom is -0.434 e. The van der Waals surface area contributed by atoms with Crippen molar-refractivity contribution in [3.8, 4) is 11.5 Å². The third-order valence-electron chi connectivity index (χ3n) is 3.59. The Morgan fingerprint density at radius 2 is 2.00 bits per heavy atom. The second kappa shape index (κ2) is 7.05. The molecule has 0 aliphatic carbocycles. The van der Waals surface area contributed by atoms with Crippen molar-refractivity contribution in [3.05, 3.63) is 42.6 Å². The number of oxazole rings is 1. The third kappa shape index (κ3) is 3.74. The number of carbonyl (C=O) groups excluding carboxylic acids is 1. The third-order valence-corrected chi connectivity index (χ3v) is 3.59. The summed E-state index contributed by atoms with van der Waals surface area (Å²) in [7, 11) is 0. The lowest BCUT2D eigenvalue weighted by atomic mass is 10.2. The Hall–Kier alpha value is -2.69. The van der Waals surface area contributed by atoms with Gasteiger partial charge in [0.1, 0.15) is 0 Å². The molecule has 0 aliphatic rings. The highest BCUT2D eigenvalue weighted by molar-refractivity contribution is 5.90. The predicted molar refractivity (Wildman–Crippen MR) is 90.0 cm³/mol. The van der Waals surface area contributed by atoms with E-state index in [4.69, 9.17) is 4.42 Å². The summed E-state index contributed by atoms with van der Waals surface area (Å²) >= 11 is 0. The zero-order valence-corrected chi connectivity index (χ0v) is 13.1. The molecule has 0 saturated heterocycles. The highest BCUT2D eigenvalue weighted by Crippen LogP contribution is 2.24. The number of nitrogens with zero attached hydrogens (tertiary/aromatic N) is 2. The van der Waals surface area contributed by atoms with Crippen LogP contribution >= 0.6 is 0 Å². The molecule has 1 amide bonds. The molecule has 1 N–H and O–H groups in total. The van der Waals surface area contributed by atoms with Crippen LogP contribution in [0, 0.1) is 0 Å². The first kappa shape index (κ1) is 15.2. The van der Waals surface area contributed by atoms with Crippen LogP contribution in [0.15, 0.2) is 47.0 Å². The number of hydrogen-bond donors (Lipinski definition) is 1. The molecule has 0 spiro atoms. The lowest BCUT2D eigenvalue weighted by Gasteiger charge is -2.05. The molecule has 0 atom stereocenters. The van der Waals surface area contributed by atoms with E-state index in [1.807, 2.05) is 36.4 Å². The molecule has 2 aromatic heterocycles. The van der Waals surface area contributed by atoms with Gasteiger partial charge in [-0.15, -0.1) is 0 Å². The SMILES string of the molecule is CCCCCC(=O)Nc1ccc(-c2nc3ncccc3o2)cc1. The molecule has 118 valence electrons. The van der Waals surface area contributed by atoms with Gasteiger partial charge in [-0.3, -0.25) is 4.79 Å². The number of benzene rings is 1. The van der Waals surface area contributed by atoms with Crippen molar-refractivity contribution < 1.29 is 9.21 Å². The van der Waals surface area contributed by atoms with Crippen molar-refractivity contribution in [2.24, 2.45) is 0 Å². The van der Waals surface area contributed by atoms with E-state index in [9.17, 15) is 4.79 Å². The molecular weight excluding hydrogens is 290 g/mol. The second-order valence-corrected chi connectivity index (χ2v) is 5.43. The van der Waals surface area contributed by atoms with Crippen molar-refractivity contribution >= 4 is 22.8 Å². The van der Waals surface area contributed by atoms with Crippen LogP contribution in [-0.4, -0.2) is 15.9 Å². The summed E-state index contributed by atoms with van der Waals surface area (Å²) in [5, 5.41) is 2.90. The number of anilines is 1. The van der Waals surface area contributed by atoms with Crippen LogP contribution in [0.3, 0.4) is 0 Å². The monoisotopic (exact) mass is 309 g/mol. The summed E-state index contributed by atoms with van der Waals surface area (Å²) in [4.78, 5) is 20.3. The molecule has 0 unspecified atom stereocenters. The van der Waals surface area contributed by atoms with Crippen LogP contribution in [-0.2, 0) is 4.79 Å². The Morgan fingerprint density at radius 1 is 1.17 bits per heavy atom. The van der Waals surface area contributed by atoms with Crippen LogP contribution in [0.25, 0.3) is 22.7 Å². The van der Waals surface area contributed by atoms with Gasteiger partial charge < -0.3 is 9.73 Å². The molecule has 0 saturated carbocycles. The minimum absolute atomic E-state index is 0.0530. The highest BCUT2D eigenvalue weighted by Gasteiger charge is 2.09. The molecule has 2 heterocycles. The fraction of sp³-hybridized carbons (Fsp3) is 0.278. The molecule has 5 nitrogen and oxygen atoms in total. The first-order valence-corrected chi connectivity index (χ1v) is 7.88. The summed E-state index contributed by atoms with van der Waals surface area (Å²) in [6.07, 6.45) is 5.37. The van der Waals surface area contributed by atoms with Crippen LogP contribution < -0.4 is 5.32 Å².